The van der Waals surface area contributed by atoms with Crippen molar-refractivity contribution in [2.45, 2.75) is 6.92 Å². The Bertz CT molecular complexity index is 1240. The summed E-state index contributed by atoms with van der Waals surface area (Å²) in [5.41, 5.74) is 1.72. The molecule has 0 unspecified atom stereocenters. The third kappa shape index (κ3) is 4.33. The van der Waals surface area contributed by atoms with Gasteiger partial charge in [-0.3, -0.25) is 9.78 Å². The number of methoxy groups -OCH3 is 1. The zero-order valence-electron chi connectivity index (χ0n) is 16.6. The minimum Gasteiger partial charge on any atom is -0.491 e. The summed E-state index contributed by atoms with van der Waals surface area (Å²) in [4.78, 5) is 8.55. The number of ether oxygens (including phenoxy) is 2. The van der Waals surface area contributed by atoms with Crippen LogP contribution in [0.3, 0.4) is 0 Å². The van der Waals surface area contributed by atoms with Crippen LogP contribution in [0.25, 0.3) is 11.3 Å². The number of hydrogen-bond acceptors (Lipinski definition) is 7. The van der Waals surface area contributed by atoms with E-state index < -0.39 is 17.4 Å². The maximum atomic E-state index is 14.3. The largest absolute Gasteiger partial charge is 0.491 e. The summed E-state index contributed by atoms with van der Waals surface area (Å²) in [5, 5.41) is 14.1. The summed E-state index contributed by atoms with van der Waals surface area (Å²) in [6.45, 7) is 1.84. The van der Waals surface area contributed by atoms with Gasteiger partial charge >= 0.3 is 6.01 Å². The fourth-order valence-corrected chi connectivity index (χ4v) is 3.22. The number of benzene rings is 1. The standard InChI is InChI=1S/C19H16BrF2N7O2/c1-9-4-14(28-27-9)24-18-17(30-3)15(10-7-23-29(2)8-10)25-19(26-18)31-16-12(21)5-11(20)6-13(16)22/h4-8H,1-3H3,(H2,24,25,26,27,28). The Hall–Kier alpha value is -3.54. The van der Waals surface area contributed by atoms with E-state index >= 15 is 0 Å². The molecule has 0 aliphatic carbocycles. The van der Waals surface area contributed by atoms with Crippen LogP contribution in [0.5, 0.6) is 17.5 Å². The molecule has 0 radical (unpaired) electrons. The van der Waals surface area contributed by atoms with Crippen molar-refractivity contribution in [3.63, 3.8) is 0 Å². The van der Waals surface area contributed by atoms with Crippen LogP contribution in [0, 0.1) is 18.6 Å². The first-order valence-electron chi connectivity index (χ1n) is 8.90. The van der Waals surface area contributed by atoms with E-state index in [1.165, 1.54) is 7.11 Å². The van der Waals surface area contributed by atoms with Gasteiger partial charge in [-0.1, -0.05) is 15.9 Å². The number of halogens is 3. The van der Waals surface area contributed by atoms with Gasteiger partial charge in [-0.2, -0.15) is 20.2 Å². The van der Waals surface area contributed by atoms with Crippen LogP contribution in [0.4, 0.5) is 20.4 Å². The van der Waals surface area contributed by atoms with Crippen molar-refractivity contribution in [1.82, 2.24) is 29.9 Å². The second-order valence-electron chi connectivity index (χ2n) is 6.50. The number of H-pyrrole nitrogens is 1. The maximum absolute atomic E-state index is 14.3. The lowest BCUT2D eigenvalue weighted by atomic mass is 10.2. The summed E-state index contributed by atoms with van der Waals surface area (Å²) in [5.74, 6) is -1.53. The van der Waals surface area contributed by atoms with Gasteiger partial charge in [-0.25, -0.2) is 8.78 Å². The van der Waals surface area contributed by atoms with Crippen LogP contribution in [-0.4, -0.2) is 37.1 Å². The SMILES string of the molecule is COc1c(Nc2cc(C)[nH]n2)nc(Oc2c(F)cc(Br)cc2F)nc1-c1cnn(C)c1. The van der Waals surface area contributed by atoms with E-state index in [1.54, 1.807) is 30.2 Å². The number of aryl methyl sites for hydroxylation is 2. The molecule has 160 valence electrons. The van der Waals surface area contributed by atoms with Crippen molar-refractivity contribution < 1.29 is 18.3 Å². The van der Waals surface area contributed by atoms with E-state index in [-0.39, 0.29) is 22.1 Å². The molecule has 0 atom stereocenters. The van der Waals surface area contributed by atoms with Gasteiger partial charge in [-0.15, -0.1) is 0 Å². The van der Waals surface area contributed by atoms with Crippen LogP contribution in [0.15, 0.2) is 35.1 Å². The molecule has 1 aromatic carbocycles. The minimum atomic E-state index is -0.911. The van der Waals surface area contributed by atoms with Crippen molar-refractivity contribution in [1.29, 1.82) is 0 Å². The first-order chi connectivity index (χ1) is 14.8. The Labute approximate surface area is 183 Å². The summed E-state index contributed by atoms with van der Waals surface area (Å²) < 4.78 is 41.3. The first kappa shape index (κ1) is 20.7. The highest BCUT2D eigenvalue weighted by atomic mass is 79.9. The molecule has 0 fully saturated rings. The fourth-order valence-electron chi connectivity index (χ4n) is 2.81. The molecule has 9 nitrogen and oxygen atoms in total. The van der Waals surface area contributed by atoms with Crippen LogP contribution in [-0.2, 0) is 7.05 Å². The highest BCUT2D eigenvalue weighted by Gasteiger charge is 2.22. The molecule has 3 aromatic heterocycles. The van der Waals surface area contributed by atoms with Gasteiger partial charge in [-0.05, 0) is 19.1 Å². The number of rotatable bonds is 6. The molecular weight excluding hydrogens is 476 g/mol. The summed E-state index contributed by atoms with van der Waals surface area (Å²) in [6, 6.07) is 3.61. The predicted molar refractivity (Wildman–Crippen MR) is 112 cm³/mol. The average Bonchev–Trinajstić information content (AvgIpc) is 3.32. The van der Waals surface area contributed by atoms with Gasteiger partial charge in [0.05, 0.1) is 13.3 Å². The van der Waals surface area contributed by atoms with E-state index in [9.17, 15) is 8.78 Å². The monoisotopic (exact) mass is 491 g/mol. The molecule has 0 saturated carbocycles. The molecule has 4 aromatic rings. The second kappa shape index (κ2) is 8.30. The van der Waals surface area contributed by atoms with E-state index in [2.05, 4.69) is 46.5 Å². The number of aromatic nitrogens is 6. The van der Waals surface area contributed by atoms with Crippen LogP contribution >= 0.6 is 15.9 Å². The van der Waals surface area contributed by atoms with Crippen molar-refractivity contribution in [3.05, 3.63) is 52.4 Å². The lowest BCUT2D eigenvalue weighted by Gasteiger charge is -2.14. The van der Waals surface area contributed by atoms with Crippen molar-refractivity contribution in [3.8, 4) is 28.8 Å². The molecule has 0 saturated heterocycles. The molecule has 31 heavy (non-hydrogen) atoms. The Kier molecular flexibility index (Phi) is 5.55. The van der Waals surface area contributed by atoms with Crippen molar-refractivity contribution >= 4 is 27.6 Å². The smallest absolute Gasteiger partial charge is 0.324 e. The Morgan fingerprint density at radius 2 is 1.87 bits per heavy atom. The number of hydrogen-bond donors (Lipinski definition) is 2. The van der Waals surface area contributed by atoms with Crippen LogP contribution < -0.4 is 14.8 Å². The highest BCUT2D eigenvalue weighted by Crippen LogP contribution is 2.38. The lowest BCUT2D eigenvalue weighted by Crippen LogP contribution is -2.05. The molecule has 0 amide bonds. The van der Waals surface area contributed by atoms with Crippen LogP contribution in [0.2, 0.25) is 0 Å². The third-order valence-corrected chi connectivity index (χ3v) is 4.59. The fraction of sp³-hybridized carbons (Fsp3) is 0.158. The summed E-state index contributed by atoms with van der Waals surface area (Å²) in [7, 11) is 3.20. The Balaban J connectivity index is 1.84. The number of nitrogens with one attached hydrogen (secondary N) is 2. The normalized spacial score (nSPS) is 10.9. The van der Waals surface area contributed by atoms with E-state index in [4.69, 9.17) is 9.47 Å². The highest BCUT2D eigenvalue weighted by molar-refractivity contribution is 9.10. The average molecular weight is 492 g/mol. The molecule has 4 rings (SSSR count). The molecule has 12 heteroatoms. The Morgan fingerprint density at radius 3 is 2.45 bits per heavy atom. The zero-order chi connectivity index (χ0) is 22.1. The molecule has 0 spiro atoms. The zero-order valence-corrected chi connectivity index (χ0v) is 18.2. The molecule has 3 heterocycles. The second-order valence-corrected chi connectivity index (χ2v) is 7.42. The molecule has 0 bridgehead atoms. The van der Waals surface area contributed by atoms with Crippen molar-refractivity contribution in [2.24, 2.45) is 7.05 Å². The molecule has 0 aliphatic rings. The predicted octanol–water partition coefficient (Wildman–Crippen LogP) is 4.49. The van der Waals surface area contributed by atoms with Crippen molar-refractivity contribution in [2.75, 3.05) is 12.4 Å². The maximum Gasteiger partial charge on any atom is 0.324 e. The van der Waals surface area contributed by atoms with E-state index in [0.29, 0.717) is 17.1 Å². The lowest BCUT2D eigenvalue weighted by molar-refractivity contribution is 0.376. The van der Waals surface area contributed by atoms with Gasteiger partial charge in [0, 0.05) is 35.0 Å². The number of aromatic amines is 1. The van der Waals surface area contributed by atoms with Gasteiger partial charge in [0.1, 0.15) is 5.69 Å². The van der Waals surface area contributed by atoms with Gasteiger partial charge in [0.15, 0.2) is 29.0 Å². The van der Waals surface area contributed by atoms with E-state index in [1.807, 2.05) is 6.92 Å². The summed E-state index contributed by atoms with van der Waals surface area (Å²) in [6.07, 6.45) is 3.27. The Morgan fingerprint density at radius 1 is 1.13 bits per heavy atom. The quantitative estimate of drug-likeness (QED) is 0.409. The van der Waals surface area contributed by atoms with Gasteiger partial charge < -0.3 is 14.8 Å². The number of anilines is 2. The van der Waals surface area contributed by atoms with E-state index in [0.717, 1.165) is 17.8 Å². The molecule has 2 N–H and O–H groups in total. The molecule has 0 aliphatic heterocycles. The van der Waals surface area contributed by atoms with Crippen LogP contribution in [0.1, 0.15) is 5.69 Å². The molecular formula is C19H16BrF2N7O2. The topological polar surface area (TPSA) is 103 Å². The summed E-state index contributed by atoms with van der Waals surface area (Å²) >= 11 is 3.03. The van der Waals surface area contributed by atoms with Gasteiger partial charge in [0.25, 0.3) is 0 Å². The third-order valence-electron chi connectivity index (χ3n) is 4.14. The van der Waals surface area contributed by atoms with Gasteiger partial charge in [0.2, 0.25) is 5.75 Å². The first-order valence-corrected chi connectivity index (χ1v) is 9.70. The minimum absolute atomic E-state index is 0.191. The number of nitrogens with zero attached hydrogens (tertiary/aromatic N) is 5.